The van der Waals surface area contributed by atoms with Gasteiger partial charge in [0.25, 0.3) is 0 Å². The Balaban J connectivity index is 0.726. The van der Waals surface area contributed by atoms with Gasteiger partial charge in [0.1, 0.15) is 23.5 Å². The molecule has 3 aliphatic rings. The predicted molar refractivity (Wildman–Crippen MR) is 309 cm³/mol. The fraction of sp³-hybridized carbons (Fsp3) is 0.441. The first-order chi connectivity index (χ1) is 39.1. The number of ether oxygens (including phenoxy) is 1. The van der Waals surface area contributed by atoms with Gasteiger partial charge in [-0.2, -0.15) is 0 Å². The third-order valence-electron chi connectivity index (χ3n) is 15.5. The lowest BCUT2D eigenvalue weighted by molar-refractivity contribution is -0.144. The molecule has 3 aromatic heterocycles. The van der Waals surface area contributed by atoms with E-state index in [1.165, 1.54) is 18.0 Å². The highest BCUT2D eigenvalue weighted by atomic mass is 32.2. The summed E-state index contributed by atoms with van der Waals surface area (Å²) in [6.07, 6.45) is 3.99. The smallest absolute Gasteiger partial charge is 0.302 e. The lowest BCUT2D eigenvalue weighted by atomic mass is 9.85. The number of piperidine rings is 1. The summed E-state index contributed by atoms with van der Waals surface area (Å²) >= 11 is 1.57. The van der Waals surface area contributed by atoms with E-state index in [1.54, 1.807) is 23.6 Å². The quantitative estimate of drug-likeness (QED) is 0.0311. The van der Waals surface area contributed by atoms with Gasteiger partial charge in [-0.15, -0.1) is 11.3 Å². The number of hydrogen-bond acceptors (Lipinski definition) is 15. The molecule has 0 bridgehead atoms. The number of piperazine rings is 1. The van der Waals surface area contributed by atoms with Crippen LogP contribution in [-0.4, -0.2) is 162 Å². The number of aliphatic hydroxyl groups is 1. The van der Waals surface area contributed by atoms with Gasteiger partial charge in [0.05, 0.1) is 52.3 Å². The van der Waals surface area contributed by atoms with Crippen LogP contribution in [0.15, 0.2) is 84.6 Å². The zero-order valence-electron chi connectivity index (χ0n) is 46.7. The van der Waals surface area contributed by atoms with E-state index in [4.69, 9.17) is 4.74 Å². The van der Waals surface area contributed by atoms with E-state index in [-0.39, 0.29) is 56.5 Å². The summed E-state index contributed by atoms with van der Waals surface area (Å²) in [5, 5.41) is 17.0. The average molecular weight is 1170 g/mol. The third kappa shape index (κ3) is 14.3. The van der Waals surface area contributed by atoms with Crippen molar-refractivity contribution in [3.63, 3.8) is 0 Å². The van der Waals surface area contributed by atoms with E-state index in [2.05, 4.69) is 45.0 Å². The van der Waals surface area contributed by atoms with Crippen LogP contribution in [0, 0.1) is 29.9 Å². The van der Waals surface area contributed by atoms with E-state index >= 15 is 8.78 Å². The van der Waals surface area contributed by atoms with Crippen molar-refractivity contribution in [3.8, 4) is 21.6 Å². The van der Waals surface area contributed by atoms with E-state index in [0.29, 0.717) is 22.5 Å². The number of anilines is 2. The van der Waals surface area contributed by atoms with E-state index < -0.39 is 79.9 Å². The summed E-state index contributed by atoms with van der Waals surface area (Å²) in [5.74, 6) is -5.18. The summed E-state index contributed by atoms with van der Waals surface area (Å²) in [4.78, 5) is 87.5. The molecular weight excluding hydrogens is 1090 g/mol. The second kappa shape index (κ2) is 25.5. The lowest BCUT2D eigenvalue weighted by Crippen LogP contribution is -2.59. The maximum atomic E-state index is 15.8. The molecule has 0 spiro atoms. The molecule has 3 amide bonds. The molecule has 1 unspecified atom stereocenters. The van der Waals surface area contributed by atoms with Crippen molar-refractivity contribution in [1.29, 1.82) is 0 Å². The maximum absolute atomic E-state index is 15.8. The summed E-state index contributed by atoms with van der Waals surface area (Å²) in [6, 6.07) is 17.5. The zero-order valence-corrected chi connectivity index (χ0v) is 48.3. The second-order valence-electron chi connectivity index (χ2n) is 22.5. The monoisotopic (exact) mass is 1160 g/mol. The Morgan fingerprint density at radius 1 is 0.902 bits per heavy atom. The van der Waals surface area contributed by atoms with E-state index in [9.17, 15) is 37.5 Å². The van der Waals surface area contributed by atoms with Gasteiger partial charge < -0.3 is 35.3 Å². The van der Waals surface area contributed by atoms with Crippen LogP contribution in [0.2, 0.25) is 0 Å². The minimum atomic E-state index is -4.14. The molecule has 3 atom stereocenters. The van der Waals surface area contributed by atoms with Crippen LogP contribution in [0.4, 0.5) is 20.2 Å². The van der Waals surface area contributed by atoms with Crippen LogP contribution in [-0.2, 0) is 40.5 Å². The Labute approximate surface area is 479 Å². The number of aryl methyl sites for hydroxylation is 1. The van der Waals surface area contributed by atoms with Gasteiger partial charge in [-0.1, -0.05) is 57.2 Å². The number of carbonyl (C=O) groups excluding carboxylic acids is 5. The van der Waals surface area contributed by atoms with E-state index in [1.807, 2.05) is 81.7 Å². The first-order valence-corrected chi connectivity index (χ1v) is 30.1. The van der Waals surface area contributed by atoms with Gasteiger partial charge in [0, 0.05) is 93.8 Å². The Kier molecular flexibility index (Phi) is 18.5. The number of nitrogens with one attached hydrogen (secondary N) is 4. The minimum absolute atomic E-state index is 0.000692. The van der Waals surface area contributed by atoms with Crippen molar-refractivity contribution < 1.29 is 51.0 Å². The van der Waals surface area contributed by atoms with Crippen LogP contribution in [0.25, 0.3) is 32.6 Å². The number of β-amino-alcohol motifs (C(OH)–C–C–N with tert-alkyl or cyclic N) is 1. The molecule has 5 N–H and O–H groups in total. The number of carbonyl (C=O) groups is 5. The standard InChI is InChI=1S/C59H70F2N10O9S2/c1-36-54(81-35-65-36)41-9-7-38(8-10-41)29-64-57(76)49-28-44(73)33-71(49)58(77)55(59(3,4)5)66-50(74)34-68-19-17-39(18-20-68)32-69-21-23-70(24-22-69)43-13-11-40(12-14-43)42-27-45-46(31-63-56(45)62-30-42)53(75)51-47(60)15-16-48(52(51)61)67-82(78,79)26-6-25-80-37(2)72/h7-16,27,30-31,35,39,44,49,55,67,73H,6,17-26,28-29,32-34H2,1-5H3,(H,62,63)(H,64,76)(H,66,74)/t44-,49+,55?/m1/s1. The summed E-state index contributed by atoms with van der Waals surface area (Å²) < 4.78 is 63.1. The van der Waals surface area contributed by atoms with Gasteiger partial charge in [-0.25, -0.2) is 27.2 Å². The average Bonchev–Trinajstić information content (AvgIpc) is 4.00. The second-order valence-corrected chi connectivity index (χ2v) is 25.2. The van der Waals surface area contributed by atoms with Crippen molar-refractivity contribution in [2.24, 2.45) is 11.3 Å². The summed E-state index contributed by atoms with van der Waals surface area (Å²) in [5.41, 5.74) is 5.29. The highest BCUT2D eigenvalue weighted by Gasteiger charge is 2.45. The van der Waals surface area contributed by atoms with Gasteiger partial charge in [0.2, 0.25) is 33.5 Å². The number of rotatable bonds is 20. The number of esters is 1. The Hall–Kier alpha value is -7.18. The van der Waals surface area contributed by atoms with Crippen LogP contribution in [0.5, 0.6) is 0 Å². The lowest BCUT2D eigenvalue weighted by Gasteiger charge is -2.40. The number of halogens is 2. The Morgan fingerprint density at radius 2 is 1.61 bits per heavy atom. The number of aromatic amines is 1. The molecule has 436 valence electrons. The molecule has 0 saturated carbocycles. The number of amides is 3. The molecule has 0 radical (unpaired) electrons. The van der Waals surface area contributed by atoms with Crippen LogP contribution in [0.3, 0.4) is 0 Å². The molecule has 23 heteroatoms. The van der Waals surface area contributed by atoms with Crippen LogP contribution < -0.4 is 20.3 Å². The molecule has 3 aliphatic heterocycles. The number of aromatic nitrogens is 3. The maximum Gasteiger partial charge on any atom is 0.302 e. The van der Waals surface area contributed by atoms with Crippen molar-refractivity contribution in [2.45, 2.75) is 85.0 Å². The first kappa shape index (κ1) is 59.4. The van der Waals surface area contributed by atoms with Crippen molar-refractivity contribution in [3.05, 3.63) is 119 Å². The summed E-state index contributed by atoms with van der Waals surface area (Å²) in [7, 11) is -4.14. The molecule has 6 heterocycles. The number of ketones is 1. The number of sulfonamides is 1. The molecule has 6 aromatic rings. The largest absolute Gasteiger partial charge is 0.466 e. The van der Waals surface area contributed by atoms with Gasteiger partial charge in [-0.05, 0) is 97.6 Å². The van der Waals surface area contributed by atoms with Crippen LogP contribution in [0.1, 0.15) is 80.6 Å². The number of nitrogens with zero attached hydrogens (tertiary/aromatic N) is 6. The number of pyridine rings is 1. The zero-order chi connectivity index (χ0) is 58.5. The van der Waals surface area contributed by atoms with Gasteiger partial charge in [-0.3, -0.25) is 38.5 Å². The molecular formula is C59H70F2N10O9S2. The fourth-order valence-electron chi connectivity index (χ4n) is 10.9. The van der Waals surface area contributed by atoms with Crippen molar-refractivity contribution in [2.75, 3.05) is 80.9 Å². The number of hydrogen-bond donors (Lipinski definition) is 5. The molecule has 19 nitrogen and oxygen atoms in total. The predicted octanol–water partition coefficient (Wildman–Crippen LogP) is 6.51. The normalized spacial score (nSPS) is 17.9. The highest BCUT2D eigenvalue weighted by Crippen LogP contribution is 2.33. The first-order valence-electron chi connectivity index (χ1n) is 27.6. The van der Waals surface area contributed by atoms with Crippen molar-refractivity contribution >= 4 is 73.2 Å². The minimum Gasteiger partial charge on any atom is -0.466 e. The Bertz CT molecular complexity index is 3410. The summed E-state index contributed by atoms with van der Waals surface area (Å²) in [6.45, 7) is 14.9. The Morgan fingerprint density at radius 3 is 2.28 bits per heavy atom. The molecule has 82 heavy (non-hydrogen) atoms. The molecule has 3 fully saturated rings. The molecule has 0 aliphatic carbocycles. The van der Waals surface area contributed by atoms with Crippen LogP contribution >= 0.6 is 11.3 Å². The fourth-order valence-corrected chi connectivity index (χ4v) is 12.8. The number of fused-ring (bicyclic) bond motifs is 1. The number of benzene rings is 3. The topological polar surface area (TPSA) is 240 Å². The van der Waals surface area contributed by atoms with E-state index in [0.717, 1.165) is 104 Å². The highest BCUT2D eigenvalue weighted by molar-refractivity contribution is 7.92. The van der Waals surface area contributed by atoms with Gasteiger partial charge in [0.15, 0.2) is 5.82 Å². The van der Waals surface area contributed by atoms with Crippen molar-refractivity contribution in [1.82, 2.24) is 40.3 Å². The number of likely N-dealkylation sites (tertiary alicyclic amines) is 2. The SMILES string of the molecule is CC(=O)OCCCS(=O)(=O)Nc1ccc(F)c(C(=O)c2c[nH]c3ncc(-c4ccc(N5CCN(CC6CCN(CC(=O)NC(C(=O)N7C[C@H](O)C[C@H]7C(=O)NCc7ccc(-c8scnc8C)cc7)C(C)(C)C)CC6)CC5)cc4)cc23)c1F. The molecule has 3 aromatic carbocycles. The molecule has 9 rings (SSSR count). The third-order valence-corrected chi connectivity index (χ3v) is 17.8. The molecule has 3 saturated heterocycles. The number of thiazole rings is 1. The number of H-pyrrole nitrogens is 1. The number of aliphatic hydroxyl groups excluding tert-OH is 1. The van der Waals surface area contributed by atoms with Gasteiger partial charge >= 0.3 is 5.97 Å².